The van der Waals surface area contributed by atoms with Gasteiger partial charge in [0, 0.05) is 17.8 Å². The Bertz CT molecular complexity index is 1240. The highest BCUT2D eigenvalue weighted by Crippen LogP contribution is 2.25. The third-order valence-corrected chi connectivity index (χ3v) is 6.11. The molecule has 5 nitrogen and oxygen atoms in total. The van der Waals surface area contributed by atoms with Crippen LogP contribution < -0.4 is 10.1 Å². The van der Waals surface area contributed by atoms with Crippen molar-refractivity contribution < 1.29 is 9.53 Å². The number of nitrogens with one attached hydrogen (secondary N) is 1. The largest absolute Gasteiger partial charge is 0.497 e. The number of hydrogen-bond donors (Lipinski definition) is 1. The number of nitrogens with zero attached hydrogens (tertiary/aromatic N) is 2. The number of carbonyl (C=O) groups excluding carboxylic acids is 1. The Morgan fingerprint density at radius 3 is 2.50 bits per heavy atom. The second kappa shape index (κ2) is 9.27. The van der Waals surface area contributed by atoms with Gasteiger partial charge in [0.2, 0.25) is 5.91 Å². The first-order chi connectivity index (χ1) is 15.5. The van der Waals surface area contributed by atoms with Gasteiger partial charge in [-0.1, -0.05) is 54.6 Å². The fourth-order valence-electron chi connectivity index (χ4n) is 4.02. The summed E-state index contributed by atoms with van der Waals surface area (Å²) in [4.78, 5) is 12.9. The number of benzene rings is 3. The van der Waals surface area contributed by atoms with Crippen molar-refractivity contribution in [1.82, 2.24) is 15.1 Å². The first-order valence-electron chi connectivity index (χ1n) is 10.9. The van der Waals surface area contributed by atoms with Gasteiger partial charge in [-0.3, -0.25) is 9.48 Å². The van der Waals surface area contributed by atoms with Crippen LogP contribution in [0, 0.1) is 13.8 Å². The maximum absolute atomic E-state index is 12.9. The number of amides is 1. The third-order valence-electron chi connectivity index (χ3n) is 6.11. The minimum atomic E-state index is -0.249. The van der Waals surface area contributed by atoms with Gasteiger partial charge in [0.15, 0.2) is 0 Å². The fraction of sp³-hybridized carbons (Fsp3) is 0.259. The molecule has 4 aromatic rings. The molecule has 1 N–H and O–H groups in total. The van der Waals surface area contributed by atoms with E-state index in [2.05, 4.69) is 35.5 Å². The minimum Gasteiger partial charge on any atom is -0.497 e. The van der Waals surface area contributed by atoms with Crippen LogP contribution in [0.3, 0.4) is 0 Å². The summed E-state index contributed by atoms with van der Waals surface area (Å²) in [7, 11) is 1.66. The van der Waals surface area contributed by atoms with E-state index >= 15 is 0 Å². The standard InChI is InChI=1S/C27H29N3O2/c1-18(22-10-11-24-15-25(32-4)13-12-23(24)14-22)27(31)28-16-26-19(2)29-30(20(26)3)17-21-8-6-5-7-9-21/h5-15,18H,16-17H2,1-4H3,(H,28,31)/t18-/m0/s1. The lowest BCUT2D eigenvalue weighted by atomic mass is 9.97. The van der Waals surface area contributed by atoms with Gasteiger partial charge in [-0.15, -0.1) is 0 Å². The molecule has 0 bridgehead atoms. The molecule has 0 spiro atoms. The molecule has 32 heavy (non-hydrogen) atoms. The maximum Gasteiger partial charge on any atom is 0.227 e. The van der Waals surface area contributed by atoms with Crippen LogP contribution >= 0.6 is 0 Å². The smallest absolute Gasteiger partial charge is 0.227 e. The van der Waals surface area contributed by atoms with Crippen LogP contribution in [0.2, 0.25) is 0 Å². The van der Waals surface area contributed by atoms with Gasteiger partial charge in [-0.25, -0.2) is 0 Å². The van der Waals surface area contributed by atoms with Crippen molar-refractivity contribution in [3.8, 4) is 5.75 Å². The second-order valence-electron chi connectivity index (χ2n) is 8.20. The van der Waals surface area contributed by atoms with E-state index in [1.807, 2.05) is 67.1 Å². The second-order valence-corrected chi connectivity index (χ2v) is 8.20. The van der Waals surface area contributed by atoms with Crippen LogP contribution in [-0.4, -0.2) is 22.8 Å². The van der Waals surface area contributed by atoms with Crippen molar-refractivity contribution in [2.24, 2.45) is 0 Å². The summed E-state index contributed by atoms with van der Waals surface area (Å²) in [6, 6.07) is 22.4. The van der Waals surface area contributed by atoms with Crippen LogP contribution in [0.15, 0.2) is 66.7 Å². The van der Waals surface area contributed by atoms with Crippen LogP contribution in [0.5, 0.6) is 5.75 Å². The predicted octanol–water partition coefficient (Wildman–Crippen LogP) is 5.13. The minimum absolute atomic E-state index is 0.00692. The number of fused-ring (bicyclic) bond motifs is 1. The monoisotopic (exact) mass is 427 g/mol. The van der Waals surface area contributed by atoms with Crippen molar-refractivity contribution in [3.63, 3.8) is 0 Å². The van der Waals surface area contributed by atoms with Gasteiger partial charge in [-0.05, 0) is 54.8 Å². The summed E-state index contributed by atoms with van der Waals surface area (Å²) >= 11 is 0. The van der Waals surface area contributed by atoms with Crippen molar-refractivity contribution in [1.29, 1.82) is 0 Å². The van der Waals surface area contributed by atoms with E-state index in [0.717, 1.165) is 45.6 Å². The number of aromatic nitrogens is 2. The summed E-state index contributed by atoms with van der Waals surface area (Å²) < 4.78 is 7.30. The molecule has 164 valence electrons. The van der Waals surface area contributed by atoms with Gasteiger partial charge in [0.05, 0.1) is 25.3 Å². The molecule has 0 aliphatic heterocycles. The zero-order chi connectivity index (χ0) is 22.7. The quantitative estimate of drug-likeness (QED) is 0.445. The van der Waals surface area contributed by atoms with E-state index in [1.165, 1.54) is 5.56 Å². The fourth-order valence-corrected chi connectivity index (χ4v) is 4.02. The first kappa shape index (κ1) is 21.6. The Kier molecular flexibility index (Phi) is 6.26. The molecule has 5 heteroatoms. The topological polar surface area (TPSA) is 56.1 Å². The normalized spacial score (nSPS) is 12.0. The molecule has 4 rings (SSSR count). The van der Waals surface area contributed by atoms with E-state index < -0.39 is 0 Å². The number of ether oxygens (including phenoxy) is 1. The molecule has 1 heterocycles. The Hall–Kier alpha value is -3.60. The highest BCUT2D eigenvalue weighted by atomic mass is 16.5. The molecule has 0 aliphatic carbocycles. The molecule has 0 aliphatic rings. The Morgan fingerprint density at radius 1 is 1.03 bits per heavy atom. The third kappa shape index (κ3) is 4.52. The van der Waals surface area contributed by atoms with Gasteiger partial charge in [0.25, 0.3) is 0 Å². The summed E-state index contributed by atoms with van der Waals surface area (Å²) in [6.45, 7) is 7.20. The number of rotatable bonds is 7. The number of hydrogen-bond acceptors (Lipinski definition) is 3. The highest BCUT2D eigenvalue weighted by Gasteiger charge is 2.18. The predicted molar refractivity (Wildman–Crippen MR) is 128 cm³/mol. The summed E-state index contributed by atoms with van der Waals surface area (Å²) in [5.41, 5.74) is 5.31. The average molecular weight is 428 g/mol. The van der Waals surface area contributed by atoms with Crippen LogP contribution in [0.1, 0.15) is 40.9 Å². The van der Waals surface area contributed by atoms with Crippen molar-refractivity contribution in [2.75, 3.05) is 7.11 Å². The summed E-state index contributed by atoms with van der Waals surface area (Å²) in [5.74, 6) is 0.587. The number of aryl methyl sites for hydroxylation is 1. The lowest BCUT2D eigenvalue weighted by Crippen LogP contribution is -2.28. The molecule has 3 aromatic carbocycles. The van der Waals surface area contributed by atoms with Gasteiger partial charge in [-0.2, -0.15) is 5.10 Å². The zero-order valence-corrected chi connectivity index (χ0v) is 19.1. The molecular formula is C27H29N3O2. The summed E-state index contributed by atoms with van der Waals surface area (Å²) in [6.07, 6.45) is 0. The Balaban J connectivity index is 1.45. The Labute approximate surface area is 189 Å². The van der Waals surface area contributed by atoms with Gasteiger partial charge in [0.1, 0.15) is 5.75 Å². The molecule has 1 amide bonds. The maximum atomic E-state index is 12.9. The van der Waals surface area contributed by atoms with E-state index in [4.69, 9.17) is 4.74 Å². The highest BCUT2D eigenvalue weighted by molar-refractivity contribution is 5.88. The molecule has 0 saturated carbocycles. The van der Waals surface area contributed by atoms with Crippen LogP contribution in [0.4, 0.5) is 0 Å². The lowest BCUT2D eigenvalue weighted by molar-refractivity contribution is -0.122. The summed E-state index contributed by atoms with van der Waals surface area (Å²) in [5, 5.41) is 9.99. The average Bonchev–Trinajstić information content (AvgIpc) is 3.08. The first-order valence-corrected chi connectivity index (χ1v) is 10.9. The number of methoxy groups -OCH3 is 1. The molecule has 0 radical (unpaired) electrons. The lowest BCUT2D eigenvalue weighted by Gasteiger charge is -2.14. The SMILES string of the molecule is COc1ccc2cc([C@H](C)C(=O)NCc3c(C)nn(Cc4ccccc4)c3C)ccc2c1. The zero-order valence-electron chi connectivity index (χ0n) is 19.1. The van der Waals surface area contributed by atoms with Crippen LogP contribution in [-0.2, 0) is 17.9 Å². The molecule has 0 saturated heterocycles. The van der Waals surface area contributed by atoms with Gasteiger partial charge >= 0.3 is 0 Å². The van der Waals surface area contributed by atoms with E-state index in [-0.39, 0.29) is 11.8 Å². The molecule has 0 fully saturated rings. The van der Waals surface area contributed by atoms with Crippen molar-refractivity contribution >= 4 is 16.7 Å². The molecular weight excluding hydrogens is 398 g/mol. The van der Waals surface area contributed by atoms with Gasteiger partial charge < -0.3 is 10.1 Å². The van der Waals surface area contributed by atoms with Crippen LogP contribution in [0.25, 0.3) is 10.8 Å². The molecule has 1 aromatic heterocycles. The van der Waals surface area contributed by atoms with Crippen molar-refractivity contribution in [2.45, 2.75) is 39.8 Å². The van der Waals surface area contributed by atoms with Crippen molar-refractivity contribution in [3.05, 3.63) is 94.8 Å². The molecule has 0 unspecified atom stereocenters. The Morgan fingerprint density at radius 2 is 1.75 bits per heavy atom. The van der Waals surface area contributed by atoms with E-state index in [1.54, 1.807) is 7.11 Å². The van der Waals surface area contributed by atoms with E-state index in [9.17, 15) is 4.79 Å². The molecule has 1 atom stereocenters. The number of carbonyl (C=O) groups is 1. The van der Waals surface area contributed by atoms with E-state index in [0.29, 0.717) is 6.54 Å².